The zero-order valence-electron chi connectivity index (χ0n) is 8.16. The molecule has 0 saturated heterocycles. The van der Waals surface area contributed by atoms with Crippen molar-refractivity contribution in [2.45, 2.75) is 13.5 Å². The van der Waals surface area contributed by atoms with Crippen LogP contribution in [-0.4, -0.2) is 0 Å². The number of hydrogen-bond donors (Lipinski definition) is 1. The Morgan fingerprint density at radius 1 is 1.29 bits per heavy atom. The summed E-state index contributed by atoms with van der Waals surface area (Å²) in [6.07, 6.45) is 1.68. The Kier molecular flexibility index (Phi) is 2.37. The highest BCUT2D eigenvalue weighted by atomic mass is 16.3. The molecule has 0 aliphatic heterocycles. The van der Waals surface area contributed by atoms with Crippen molar-refractivity contribution in [3.05, 3.63) is 47.7 Å². The topological polar surface area (TPSA) is 39.2 Å². The fourth-order valence-corrected chi connectivity index (χ4v) is 1.52. The first kappa shape index (κ1) is 9.03. The first-order valence-electron chi connectivity index (χ1n) is 4.65. The predicted molar refractivity (Wildman–Crippen MR) is 56.8 cm³/mol. The van der Waals surface area contributed by atoms with Crippen LogP contribution in [0.2, 0.25) is 0 Å². The summed E-state index contributed by atoms with van der Waals surface area (Å²) >= 11 is 0. The number of benzene rings is 1. The van der Waals surface area contributed by atoms with Gasteiger partial charge in [-0.05, 0) is 36.2 Å². The Balaban J connectivity index is 2.43. The van der Waals surface area contributed by atoms with Gasteiger partial charge in [-0.1, -0.05) is 12.1 Å². The molecule has 2 aromatic rings. The molecule has 2 heteroatoms. The lowest BCUT2D eigenvalue weighted by molar-refractivity contribution is 0.582. The van der Waals surface area contributed by atoms with E-state index in [1.807, 2.05) is 24.3 Å². The molecule has 2 nitrogen and oxygen atoms in total. The summed E-state index contributed by atoms with van der Waals surface area (Å²) in [7, 11) is 0. The second-order valence-electron chi connectivity index (χ2n) is 3.32. The van der Waals surface area contributed by atoms with E-state index in [4.69, 9.17) is 10.2 Å². The molecule has 0 bridgehead atoms. The molecule has 0 saturated carbocycles. The van der Waals surface area contributed by atoms with Gasteiger partial charge in [0, 0.05) is 12.1 Å². The smallest absolute Gasteiger partial charge is 0.133 e. The Morgan fingerprint density at radius 3 is 2.71 bits per heavy atom. The van der Waals surface area contributed by atoms with E-state index < -0.39 is 0 Å². The number of aryl methyl sites for hydroxylation is 1. The monoisotopic (exact) mass is 187 g/mol. The number of rotatable bonds is 2. The Hall–Kier alpha value is -1.54. The van der Waals surface area contributed by atoms with Crippen LogP contribution in [0.3, 0.4) is 0 Å². The second kappa shape index (κ2) is 3.68. The highest BCUT2D eigenvalue weighted by Crippen LogP contribution is 2.22. The van der Waals surface area contributed by atoms with E-state index in [0.717, 1.165) is 11.3 Å². The maximum Gasteiger partial charge on any atom is 0.133 e. The lowest BCUT2D eigenvalue weighted by atomic mass is 10.0. The van der Waals surface area contributed by atoms with Crippen LogP contribution in [-0.2, 0) is 6.54 Å². The molecule has 0 amide bonds. The van der Waals surface area contributed by atoms with Crippen molar-refractivity contribution in [2.75, 3.05) is 0 Å². The van der Waals surface area contributed by atoms with Crippen molar-refractivity contribution < 1.29 is 4.42 Å². The van der Waals surface area contributed by atoms with Crippen molar-refractivity contribution >= 4 is 0 Å². The van der Waals surface area contributed by atoms with Crippen molar-refractivity contribution in [3.8, 4) is 11.3 Å². The molecule has 2 N–H and O–H groups in total. The van der Waals surface area contributed by atoms with Gasteiger partial charge in [0.05, 0.1) is 6.26 Å². The summed E-state index contributed by atoms with van der Waals surface area (Å²) < 4.78 is 5.32. The minimum atomic E-state index is 0.588. The average molecular weight is 187 g/mol. The van der Waals surface area contributed by atoms with E-state index in [1.165, 1.54) is 11.1 Å². The summed E-state index contributed by atoms with van der Waals surface area (Å²) in [5.74, 6) is 0.900. The van der Waals surface area contributed by atoms with E-state index in [9.17, 15) is 0 Å². The van der Waals surface area contributed by atoms with Gasteiger partial charge >= 0.3 is 0 Å². The Morgan fingerprint density at radius 2 is 2.14 bits per heavy atom. The van der Waals surface area contributed by atoms with Crippen LogP contribution >= 0.6 is 0 Å². The van der Waals surface area contributed by atoms with E-state index in [1.54, 1.807) is 6.26 Å². The molecule has 0 atom stereocenters. The van der Waals surface area contributed by atoms with Crippen molar-refractivity contribution in [2.24, 2.45) is 5.73 Å². The first-order valence-corrected chi connectivity index (χ1v) is 4.65. The molecule has 1 aromatic carbocycles. The van der Waals surface area contributed by atoms with Crippen LogP contribution < -0.4 is 5.73 Å². The standard InChI is InChI=1S/C12H13NO/c1-9-7-10(4-5-11(9)8-13)12-3-2-6-14-12/h2-7H,8,13H2,1H3. The van der Waals surface area contributed by atoms with Gasteiger partial charge in [-0.3, -0.25) is 0 Å². The molecular weight excluding hydrogens is 174 g/mol. The van der Waals surface area contributed by atoms with Crippen molar-refractivity contribution in [3.63, 3.8) is 0 Å². The zero-order chi connectivity index (χ0) is 9.97. The van der Waals surface area contributed by atoms with Gasteiger partial charge in [0.1, 0.15) is 5.76 Å². The van der Waals surface area contributed by atoms with E-state index in [-0.39, 0.29) is 0 Å². The molecule has 14 heavy (non-hydrogen) atoms. The summed E-state index contributed by atoms with van der Waals surface area (Å²) in [5.41, 5.74) is 9.09. The van der Waals surface area contributed by atoms with Gasteiger partial charge in [-0.25, -0.2) is 0 Å². The van der Waals surface area contributed by atoms with Gasteiger partial charge in [0.2, 0.25) is 0 Å². The minimum absolute atomic E-state index is 0.588. The molecule has 72 valence electrons. The zero-order valence-corrected chi connectivity index (χ0v) is 8.16. The Labute approximate surface area is 83.4 Å². The third kappa shape index (κ3) is 1.56. The maximum atomic E-state index is 5.60. The summed E-state index contributed by atoms with van der Waals surface area (Å²) in [4.78, 5) is 0. The largest absolute Gasteiger partial charge is 0.464 e. The molecule has 0 fully saturated rings. The predicted octanol–water partition coefficient (Wildman–Crippen LogP) is 2.71. The second-order valence-corrected chi connectivity index (χ2v) is 3.32. The third-order valence-electron chi connectivity index (χ3n) is 2.37. The van der Waals surface area contributed by atoms with Gasteiger partial charge in [0.25, 0.3) is 0 Å². The third-order valence-corrected chi connectivity index (χ3v) is 2.37. The average Bonchev–Trinajstić information content (AvgIpc) is 2.70. The lowest BCUT2D eigenvalue weighted by Gasteiger charge is -2.04. The summed E-state index contributed by atoms with van der Waals surface area (Å²) in [6, 6.07) is 10.0. The number of furan rings is 1. The lowest BCUT2D eigenvalue weighted by Crippen LogP contribution is -1.98. The normalized spacial score (nSPS) is 10.4. The fraction of sp³-hybridized carbons (Fsp3) is 0.167. The molecule has 0 aliphatic carbocycles. The van der Waals surface area contributed by atoms with E-state index in [2.05, 4.69) is 13.0 Å². The maximum absolute atomic E-state index is 5.60. The molecule has 0 aliphatic rings. The summed E-state index contributed by atoms with van der Waals surface area (Å²) in [5, 5.41) is 0. The van der Waals surface area contributed by atoms with Crippen LogP contribution in [0.1, 0.15) is 11.1 Å². The van der Waals surface area contributed by atoms with Gasteiger partial charge < -0.3 is 10.2 Å². The molecule has 0 unspecified atom stereocenters. The van der Waals surface area contributed by atoms with E-state index in [0.29, 0.717) is 6.54 Å². The molecule has 0 spiro atoms. The quantitative estimate of drug-likeness (QED) is 0.785. The molecule has 2 rings (SSSR count). The van der Waals surface area contributed by atoms with E-state index >= 15 is 0 Å². The highest BCUT2D eigenvalue weighted by molar-refractivity contribution is 5.59. The molecule has 1 aromatic heterocycles. The fourth-order valence-electron chi connectivity index (χ4n) is 1.52. The van der Waals surface area contributed by atoms with Crippen molar-refractivity contribution in [1.82, 2.24) is 0 Å². The first-order chi connectivity index (χ1) is 6.81. The highest BCUT2D eigenvalue weighted by Gasteiger charge is 2.02. The number of hydrogen-bond acceptors (Lipinski definition) is 2. The van der Waals surface area contributed by atoms with Crippen LogP contribution in [0.15, 0.2) is 41.0 Å². The number of nitrogens with two attached hydrogens (primary N) is 1. The van der Waals surface area contributed by atoms with Gasteiger partial charge in [0.15, 0.2) is 0 Å². The molecular formula is C12H13NO. The van der Waals surface area contributed by atoms with Gasteiger partial charge in [-0.15, -0.1) is 0 Å². The van der Waals surface area contributed by atoms with Gasteiger partial charge in [-0.2, -0.15) is 0 Å². The molecule has 1 heterocycles. The summed E-state index contributed by atoms with van der Waals surface area (Å²) in [6.45, 7) is 2.65. The van der Waals surface area contributed by atoms with Crippen LogP contribution in [0.4, 0.5) is 0 Å². The van der Waals surface area contributed by atoms with Crippen LogP contribution in [0.5, 0.6) is 0 Å². The SMILES string of the molecule is Cc1cc(-c2ccco2)ccc1CN. The Bertz CT molecular complexity index is 418. The van der Waals surface area contributed by atoms with Crippen LogP contribution in [0, 0.1) is 6.92 Å². The molecule has 0 radical (unpaired) electrons. The van der Waals surface area contributed by atoms with Crippen LogP contribution in [0.25, 0.3) is 11.3 Å². The van der Waals surface area contributed by atoms with Crippen molar-refractivity contribution in [1.29, 1.82) is 0 Å². The minimum Gasteiger partial charge on any atom is -0.464 e.